The molecule has 2 aromatic rings. The second kappa shape index (κ2) is 3.06. The van der Waals surface area contributed by atoms with E-state index in [1.165, 1.54) is 0 Å². The fourth-order valence-corrected chi connectivity index (χ4v) is 1.07. The van der Waals surface area contributed by atoms with Gasteiger partial charge in [-0.05, 0) is 19.1 Å². The molecule has 2 aromatic heterocycles. The van der Waals surface area contributed by atoms with E-state index in [2.05, 4.69) is 5.16 Å². The van der Waals surface area contributed by atoms with Crippen LogP contribution < -0.4 is 0 Å². The lowest BCUT2D eigenvalue weighted by Crippen LogP contribution is -1.78. The van der Waals surface area contributed by atoms with Crippen LogP contribution in [0.1, 0.15) is 11.5 Å². The molecule has 0 atom stereocenters. The molecule has 1 N–H and O–H groups in total. The molecule has 0 unspecified atom stereocenters. The van der Waals surface area contributed by atoms with Crippen LogP contribution in [-0.4, -0.2) is 10.3 Å². The largest absolute Gasteiger partial charge is 0.458 e. The van der Waals surface area contributed by atoms with Gasteiger partial charge in [0, 0.05) is 6.07 Å². The first kappa shape index (κ1) is 8.07. The molecule has 2 rings (SSSR count). The molecule has 0 radical (unpaired) electrons. The van der Waals surface area contributed by atoms with E-state index in [0.717, 1.165) is 5.76 Å². The molecule has 4 heteroatoms. The van der Waals surface area contributed by atoms with Gasteiger partial charge in [0.1, 0.15) is 11.5 Å². The van der Waals surface area contributed by atoms with E-state index in [4.69, 9.17) is 14.0 Å². The molecular weight excluding hydrogens is 170 g/mol. The summed E-state index contributed by atoms with van der Waals surface area (Å²) in [5, 5.41) is 12.4. The Hall–Kier alpha value is -1.55. The van der Waals surface area contributed by atoms with Gasteiger partial charge in [0.05, 0.1) is 6.61 Å². The van der Waals surface area contributed by atoms with Crippen LogP contribution in [0.4, 0.5) is 0 Å². The van der Waals surface area contributed by atoms with E-state index in [1.54, 1.807) is 12.1 Å². The van der Waals surface area contributed by atoms with Crippen LogP contribution in [0.3, 0.4) is 0 Å². The number of aromatic nitrogens is 1. The van der Waals surface area contributed by atoms with Crippen molar-refractivity contribution in [3.63, 3.8) is 0 Å². The summed E-state index contributed by atoms with van der Waals surface area (Å²) in [6.45, 7) is 1.73. The minimum absolute atomic E-state index is 0.122. The van der Waals surface area contributed by atoms with E-state index in [9.17, 15) is 0 Å². The number of hydrogen-bond acceptors (Lipinski definition) is 4. The monoisotopic (exact) mass is 179 g/mol. The number of aliphatic hydroxyl groups is 1. The van der Waals surface area contributed by atoms with Gasteiger partial charge >= 0.3 is 0 Å². The molecule has 0 fully saturated rings. The van der Waals surface area contributed by atoms with Gasteiger partial charge in [-0.2, -0.15) is 0 Å². The highest BCUT2D eigenvalue weighted by atomic mass is 16.5. The molecule has 68 valence electrons. The maximum atomic E-state index is 8.75. The van der Waals surface area contributed by atoms with Crippen molar-refractivity contribution in [2.45, 2.75) is 13.5 Å². The maximum absolute atomic E-state index is 8.75. The van der Waals surface area contributed by atoms with Crippen molar-refractivity contribution >= 4 is 0 Å². The van der Waals surface area contributed by atoms with Crippen LogP contribution in [-0.2, 0) is 6.61 Å². The molecule has 4 nitrogen and oxygen atoms in total. The Kier molecular flexibility index (Phi) is 1.90. The van der Waals surface area contributed by atoms with Crippen LogP contribution in [0.5, 0.6) is 0 Å². The number of aryl methyl sites for hydroxylation is 1. The van der Waals surface area contributed by atoms with Crippen LogP contribution >= 0.6 is 0 Å². The third kappa shape index (κ3) is 1.48. The van der Waals surface area contributed by atoms with Gasteiger partial charge in [0.2, 0.25) is 5.76 Å². The second-order valence-electron chi connectivity index (χ2n) is 2.75. The quantitative estimate of drug-likeness (QED) is 0.762. The molecule has 0 spiro atoms. The average molecular weight is 179 g/mol. The first-order valence-electron chi connectivity index (χ1n) is 3.93. The van der Waals surface area contributed by atoms with Crippen LogP contribution in [0.15, 0.2) is 27.1 Å². The normalized spacial score (nSPS) is 10.6. The Labute approximate surface area is 74.8 Å². The highest BCUT2D eigenvalue weighted by Crippen LogP contribution is 2.22. The Balaban J connectivity index is 2.35. The molecule has 0 aliphatic carbocycles. The zero-order chi connectivity index (χ0) is 9.26. The Bertz CT molecular complexity index is 402. The molecular formula is C9H9NO3. The van der Waals surface area contributed by atoms with E-state index < -0.39 is 0 Å². The SMILES string of the molecule is Cc1ccc(-c2cc(CO)no2)o1. The summed E-state index contributed by atoms with van der Waals surface area (Å²) in [4.78, 5) is 0. The van der Waals surface area contributed by atoms with E-state index in [0.29, 0.717) is 17.2 Å². The van der Waals surface area contributed by atoms with Crippen LogP contribution in [0, 0.1) is 6.92 Å². The van der Waals surface area contributed by atoms with Gasteiger partial charge < -0.3 is 14.0 Å². The lowest BCUT2D eigenvalue weighted by Gasteiger charge is -1.85. The standard InChI is InChI=1S/C9H9NO3/c1-6-2-3-8(12-6)9-4-7(5-11)10-13-9/h2-4,11H,5H2,1H3. The first-order valence-corrected chi connectivity index (χ1v) is 3.93. The van der Waals surface area contributed by atoms with Crippen molar-refractivity contribution in [3.05, 3.63) is 29.7 Å². The van der Waals surface area contributed by atoms with Crippen molar-refractivity contribution in [2.24, 2.45) is 0 Å². The number of rotatable bonds is 2. The highest BCUT2D eigenvalue weighted by Gasteiger charge is 2.08. The molecule has 0 bridgehead atoms. The number of hydrogen-bond donors (Lipinski definition) is 1. The summed E-state index contributed by atoms with van der Waals surface area (Å²) >= 11 is 0. The fourth-order valence-electron chi connectivity index (χ4n) is 1.07. The lowest BCUT2D eigenvalue weighted by molar-refractivity contribution is 0.267. The van der Waals surface area contributed by atoms with Gasteiger partial charge in [0.15, 0.2) is 5.76 Å². The van der Waals surface area contributed by atoms with Crippen molar-refractivity contribution < 1.29 is 14.0 Å². The molecule has 0 saturated heterocycles. The molecule has 0 saturated carbocycles. The van der Waals surface area contributed by atoms with Crippen LogP contribution in [0.25, 0.3) is 11.5 Å². The van der Waals surface area contributed by atoms with Gasteiger partial charge in [-0.15, -0.1) is 0 Å². The molecule has 2 heterocycles. The summed E-state index contributed by atoms with van der Waals surface area (Å²) in [5.74, 6) is 1.98. The second-order valence-corrected chi connectivity index (χ2v) is 2.75. The predicted octanol–water partition coefficient (Wildman–Crippen LogP) is 1.74. The van der Waals surface area contributed by atoms with Crippen LogP contribution in [0.2, 0.25) is 0 Å². The lowest BCUT2D eigenvalue weighted by atomic mass is 10.3. The molecule has 0 aliphatic heterocycles. The van der Waals surface area contributed by atoms with Gasteiger partial charge in [-0.3, -0.25) is 0 Å². The summed E-state index contributed by atoms with van der Waals surface area (Å²) in [6, 6.07) is 5.30. The van der Waals surface area contributed by atoms with Crippen molar-refractivity contribution in [1.29, 1.82) is 0 Å². The third-order valence-electron chi connectivity index (χ3n) is 1.70. The smallest absolute Gasteiger partial charge is 0.202 e. The van der Waals surface area contributed by atoms with E-state index in [-0.39, 0.29) is 6.61 Å². The number of furan rings is 1. The first-order chi connectivity index (χ1) is 6.29. The van der Waals surface area contributed by atoms with E-state index >= 15 is 0 Å². The fraction of sp³-hybridized carbons (Fsp3) is 0.222. The Morgan fingerprint density at radius 3 is 2.77 bits per heavy atom. The molecule has 0 aliphatic rings. The molecule has 0 amide bonds. The summed E-state index contributed by atoms with van der Waals surface area (Å²) in [6.07, 6.45) is 0. The zero-order valence-corrected chi connectivity index (χ0v) is 7.15. The van der Waals surface area contributed by atoms with Gasteiger partial charge in [0.25, 0.3) is 0 Å². The van der Waals surface area contributed by atoms with Crippen molar-refractivity contribution in [3.8, 4) is 11.5 Å². The van der Waals surface area contributed by atoms with Gasteiger partial charge in [-0.25, -0.2) is 0 Å². The minimum atomic E-state index is -0.122. The summed E-state index contributed by atoms with van der Waals surface area (Å²) in [7, 11) is 0. The number of aliphatic hydroxyl groups excluding tert-OH is 1. The molecule has 13 heavy (non-hydrogen) atoms. The minimum Gasteiger partial charge on any atom is -0.458 e. The predicted molar refractivity (Wildman–Crippen MR) is 44.9 cm³/mol. The maximum Gasteiger partial charge on any atom is 0.202 e. The van der Waals surface area contributed by atoms with Crippen molar-refractivity contribution in [1.82, 2.24) is 5.16 Å². The zero-order valence-electron chi connectivity index (χ0n) is 7.15. The summed E-state index contributed by atoms with van der Waals surface area (Å²) in [5.41, 5.74) is 0.504. The Morgan fingerprint density at radius 2 is 2.23 bits per heavy atom. The van der Waals surface area contributed by atoms with E-state index in [1.807, 2.05) is 13.0 Å². The summed E-state index contributed by atoms with van der Waals surface area (Å²) < 4.78 is 10.3. The third-order valence-corrected chi connectivity index (χ3v) is 1.70. The average Bonchev–Trinajstić information content (AvgIpc) is 2.71. The van der Waals surface area contributed by atoms with Gasteiger partial charge in [-0.1, -0.05) is 5.16 Å². The number of nitrogens with zero attached hydrogens (tertiary/aromatic N) is 1. The van der Waals surface area contributed by atoms with Crippen molar-refractivity contribution in [2.75, 3.05) is 0 Å². The highest BCUT2D eigenvalue weighted by molar-refractivity contribution is 5.49. The topological polar surface area (TPSA) is 59.4 Å². The molecule has 0 aromatic carbocycles. The Morgan fingerprint density at radius 1 is 1.38 bits per heavy atom.